The van der Waals surface area contributed by atoms with Crippen molar-refractivity contribution in [3.63, 3.8) is 0 Å². The predicted molar refractivity (Wildman–Crippen MR) is 66.0 cm³/mol. The summed E-state index contributed by atoms with van der Waals surface area (Å²) in [6.07, 6.45) is 0. The molecule has 1 heterocycles. The molecule has 1 N–H and O–H groups in total. The van der Waals surface area contributed by atoms with Crippen LogP contribution >= 0.6 is 0 Å². The van der Waals surface area contributed by atoms with Gasteiger partial charge in [-0.15, -0.1) is 0 Å². The fourth-order valence-electron chi connectivity index (χ4n) is 2.01. The first kappa shape index (κ1) is 12.4. The Hall–Kier alpha value is -2.04. The van der Waals surface area contributed by atoms with Gasteiger partial charge >= 0.3 is 0 Å². The number of carbonyl (C=O) groups is 2. The number of rotatable bonds is 3. The summed E-state index contributed by atoms with van der Waals surface area (Å²) in [5.74, 6) is 0.529. The number of ether oxygens (including phenoxy) is 1. The van der Waals surface area contributed by atoms with E-state index in [1.54, 1.807) is 18.9 Å². The van der Waals surface area contributed by atoms with E-state index in [1.165, 1.54) is 0 Å². The lowest BCUT2D eigenvalue weighted by atomic mass is 10.1. The van der Waals surface area contributed by atoms with Crippen molar-refractivity contribution in [2.75, 3.05) is 13.7 Å². The molecule has 0 radical (unpaired) electrons. The normalized spacial score (nSPS) is 19.7. The topological polar surface area (TPSA) is 58.6 Å². The van der Waals surface area contributed by atoms with Gasteiger partial charge in [-0.2, -0.15) is 0 Å². The van der Waals surface area contributed by atoms with Gasteiger partial charge in [-0.05, 0) is 13.0 Å². The van der Waals surface area contributed by atoms with Crippen molar-refractivity contribution in [1.29, 1.82) is 0 Å². The molecule has 1 aliphatic heterocycles. The zero-order valence-electron chi connectivity index (χ0n) is 10.5. The minimum absolute atomic E-state index is 0.0678. The number of methoxy groups -OCH3 is 1. The molecule has 5 heteroatoms. The minimum Gasteiger partial charge on any atom is -0.496 e. The Bertz CT molecular complexity index is 473. The van der Waals surface area contributed by atoms with E-state index in [1.807, 2.05) is 24.3 Å². The van der Waals surface area contributed by atoms with Crippen molar-refractivity contribution in [3.05, 3.63) is 29.8 Å². The van der Waals surface area contributed by atoms with E-state index in [0.29, 0.717) is 6.54 Å². The zero-order chi connectivity index (χ0) is 13.1. The first-order valence-electron chi connectivity index (χ1n) is 5.82. The second kappa shape index (κ2) is 5.08. The largest absolute Gasteiger partial charge is 0.496 e. The Morgan fingerprint density at radius 3 is 2.83 bits per heavy atom. The van der Waals surface area contributed by atoms with E-state index in [4.69, 9.17) is 4.74 Å². The van der Waals surface area contributed by atoms with Crippen LogP contribution in [0.4, 0.5) is 0 Å². The summed E-state index contributed by atoms with van der Waals surface area (Å²) in [6, 6.07) is 7.05. The molecule has 2 amide bonds. The summed E-state index contributed by atoms with van der Waals surface area (Å²) in [7, 11) is 1.59. The Labute approximate surface area is 106 Å². The molecule has 5 nitrogen and oxygen atoms in total. The highest BCUT2D eigenvalue weighted by Crippen LogP contribution is 2.21. The van der Waals surface area contributed by atoms with Gasteiger partial charge in [-0.1, -0.05) is 18.2 Å². The molecule has 0 saturated carbocycles. The third-order valence-electron chi connectivity index (χ3n) is 3.11. The molecule has 96 valence electrons. The summed E-state index contributed by atoms with van der Waals surface area (Å²) < 4.78 is 5.25. The van der Waals surface area contributed by atoms with E-state index in [0.717, 1.165) is 11.3 Å². The maximum Gasteiger partial charge on any atom is 0.242 e. The number of nitrogens with one attached hydrogen (secondary N) is 1. The Kier molecular flexibility index (Phi) is 3.50. The van der Waals surface area contributed by atoms with Crippen LogP contribution in [0.25, 0.3) is 0 Å². The second-order valence-corrected chi connectivity index (χ2v) is 4.23. The van der Waals surface area contributed by atoms with Crippen molar-refractivity contribution in [2.24, 2.45) is 0 Å². The molecule has 1 saturated heterocycles. The predicted octanol–water partition coefficient (Wildman–Crippen LogP) is 0.542. The van der Waals surface area contributed by atoms with E-state index in [9.17, 15) is 9.59 Å². The summed E-state index contributed by atoms with van der Waals surface area (Å²) in [5.41, 5.74) is 0.898. The maximum absolute atomic E-state index is 11.8. The average Bonchev–Trinajstić information content (AvgIpc) is 2.39. The van der Waals surface area contributed by atoms with Gasteiger partial charge in [0, 0.05) is 5.56 Å². The van der Waals surface area contributed by atoms with Gasteiger partial charge in [0.2, 0.25) is 11.8 Å². The van der Waals surface area contributed by atoms with Crippen LogP contribution in [0, 0.1) is 0 Å². The zero-order valence-corrected chi connectivity index (χ0v) is 10.5. The number of nitrogens with zero attached hydrogens (tertiary/aromatic N) is 1. The first-order chi connectivity index (χ1) is 8.63. The number of amides is 2. The van der Waals surface area contributed by atoms with Crippen LogP contribution in [-0.4, -0.2) is 36.4 Å². The van der Waals surface area contributed by atoms with Crippen molar-refractivity contribution < 1.29 is 14.3 Å². The molecule has 1 fully saturated rings. The third-order valence-corrected chi connectivity index (χ3v) is 3.11. The van der Waals surface area contributed by atoms with Crippen LogP contribution in [0.5, 0.6) is 5.75 Å². The van der Waals surface area contributed by atoms with Crippen LogP contribution in [-0.2, 0) is 16.1 Å². The molecule has 1 aromatic carbocycles. The molecule has 1 atom stereocenters. The van der Waals surface area contributed by atoms with Gasteiger partial charge in [-0.25, -0.2) is 0 Å². The number of para-hydroxylation sites is 1. The van der Waals surface area contributed by atoms with Gasteiger partial charge < -0.3 is 15.0 Å². The molecule has 18 heavy (non-hydrogen) atoms. The van der Waals surface area contributed by atoms with Crippen LogP contribution in [0.15, 0.2) is 24.3 Å². The quantitative estimate of drug-likeness (QED) is 0.849. The van der Waals surface area contributed by atoms with Crippen LogP contribution in [0.2, 0.25) is 0 Å². The molecule has 0 aliphatic carbocycles. The van der Waals surface area contributed by atoms with Crippen LogP contribution < -0.4 is 10.1 Å². The highest BCUT2D eigenvalue weighted by molar-refractivity contribution is 5.94. The van der Waals surface area contributed by atoms with E-state index in [-0.39, 0.29) is 18.4 Å². The number of hydrogen-bond donors (Lipinski definition) is 1. The van der Waals surface area contributed by atoms with E-state index in [2.05, 4.69) is 5.32 Å². The lowest BCUT2D eigenvalue weighted by molar-refractivity contribution is -0.145. The Balaban J connectivity index is 2.21. The Morgan fingerprint density at radius 1 is 1.39 bits per heavy atom. The Morgan fingerprint density at radius 2 is 2.11 bits per heavy atom. The number of carbonyl (C=O) groups excluding carboxylic acids is 2. The monoisotopic (exact) mass is 248 g/mol. The van der Waals surface area contributed by atoms with Crippen molar-refractivity contribution in [1.82, 2.24) is 10.2 Å². The van der Waals surface area contributed by atoms with Gasteiger partial charge in [0.1, 0.15) is 11.8 Å². The summed E-state index contributed by atoms with van der Waals surface area (Å²) in [6.45, 7) is 2.18. The summed E-state index contributed by atoms with van der Waals surface area (Å²) in [4.78, 5) is 24.9. The summed E-state index contributed by atoms with van der Waals surface area (Å²) >= 11 is 0. The molecule has 0 aromatic heterocycles. The second-order valence-electron chi connectivity index (χ2n) is 4.23. The standard InChI is InChI=1S/C13H16N2O3/c1-9-13(17)14-7-12(16)15(9)8-10-5-3-4-6-11(10)18-2/h3-6,9H,7-8H2,1-2H3,(H,14,17). The van der Waals surface area contributed by atoms with E-state index >= 15 is 0 Å². The summed E-state index contributed by atoms with van der Waals surface area (Å²) in [5, 5.41) is 2.56. The van der Waals surface area contributed by atoms with Crippen LogP contribution in [0.3, 0.4) is 0 Å². The first-order valence-corrected chi connectivity index (χ1v) is 5.82. The molecular weight excluding hydrogens is 232 g/mol. The molecule has 1 aliphatic rings. The van der Waals surface area contributed by atoms with Gasteiger partial charge in [-0.3, -0.25) is 9.59 Å². The van der Waals surface area contributed by atoms with E-state index < -0.39 is 6.04 Å². The van der Waals surface area contributed by atoms with Crippen molar-refractivity contribution in [2.45, 2.75) is 19.5 Å². The smallest absolute Gasteiger partial charge is 0.242 e. The minimum atomic E-state index is -0.448. The highest BCUT2D eigenvalue weighted by atomic mass is 16.5. The van der Waals surface area contributed by atoms with Crippen molar-refractivity contribution >= 4 is 11.8 Å². The number of hydrogen-bond acceptors (Lipinski definition) is 3. The average molecular weight is 248 g/mol. The number of piperazine rings is 1. The van der Waals surface area contributed by atoms with Gasteiger partial charge in [0.05, 0.1) is 20.2 Å². The molecular formula is C13H16N2O3. The SMILES string of the molecule is COc1ccccc1CN1C(=O)CNC(=O)C1C. The third kappa shape index (κ3) is 2.30. The lowest BCUT2D eigenvalue weighted by Gasteiger charge is -2.33. The maximum atomic E-state index is 11.8. The van der Waals surface area contributed by atoms with Crippen LogP contribution in [0.1, 0.15) is 12.5 Å². The fraction of sp³-hybridized carbons (Fsp3) is 0.385. The molecule has 1 unspecified atom stereocenters. The van der Waals surface area contributed by atoms with Gasteiger partial charge in [0.25, 0.3) is 0 Å². The molecule has 0 bridgehead atoms. The lowest BCUT2D eigenvalue weighted by Crippen LogP contribution is -2.56. The van der Waals surface area contributed by atoms with Gasteiger partial charge in [0.15, 0.2) is 0 Å². The fourth-order valence-corrected chi connectivity index (χ4v) is 2.01. The molecule has 1 aromatic rings. The molecule has 2 rings (SSSR count). The van der Waals surface area contributed by atoms with Crippen molar-refractivity contribution in [3.8, 4) is 5.75 Å². The highest BCUT2D eigenvalue weighted by Gasteiger charge is 2.31. The molecule has 0 spiro atoms. The number of benzene rings is 1.